The predicted molar refractivity (Wildman–Crippen MR) is 83.1 cm³/mol. The third kappa shape index (κ3) is 2.67. The normalized spacial score (nSPS) is 15.4. The number of aromatic nitrogens is 1. The van der Waals surface area contributed by atoms with Crippen molar-refractivity contribution in [3.8, 4) is 0 Å². The number of hydrogen-bond donors (Lipinski definition) is 2. The van der Waals surface area contributed by atoms with Gasteiger partial charge in [0.15, 0.2) is 5.84 Å². The zero-order chi connectivity index (χ0) is 14.7. The molecule has 0 bridgehead atoms. The SMILES string of the molecule is NC(=NO)c1ccc(N2CCCCc3ccccc32)nc1. The van der Waals surface area contributed by atoms with Crippen molar-refractivity contribution in [3.05, 3.63) is 53.7 Å². The second kappa shape index (κ2) is 5.83. The summed E-state index contributed by atoms with van der Waals surface area (Å²) in [7, 11) is 0. The monoisotopic (exact) mass is 282 g/mol. The van der Waals surface area contributed by atoms with Crippen molar-refractivity contribution in [3.63, 3.8) is 0 Å². The Bertz CT molecular complexity index is 652. The molecule has 2 aromatic rings. The highest BCUT2D eigenvalue weighted by Crippen LogP contribution is 2.31. The number of anilines is 2. The molecule has 2 heterocycles. The molecule has 3 N–H and O–H groups in total. The van der Waals surface area contributed by atoms with Crippen LogP contribution in [0.2, 0.25) is 0 Å². The number of nitrogens with zero attached hydrogens (tertiary/aromatic N) is 3. The lowest BCUT2D eigenvalue weighted by molar-refractivity contribution is 0.318. The number of fused-ring (bicyclic) bond motifs is 1. The highest BCUT2D eigenvalue weighted by atomic mass is 16.4. The summed E-state index contributed by atoms with van der Waals surface area (Å²) in [5, 5.41) is 11.7. The van der Waals surface area contributed by atoms with E-state index in [9.17, 15) is 0 Å². The van der Waals surface area contributed by atoms with Crippen molar-refractivity contribution in [2.24, 2.45) is 10.9 Å². The van der Waals surface area contributed by atoms with Gasteiger partial charge in [-0.2, -0.15) is 0 Å². The zero-order valence-electron chi connectivity index (χ0n) is 11.7. The Kier molecular flexibility index (Phi) is 3.73. The molecule has 3 rings (SSSR count). The van der Waals surface area contributed by atoms with Crippen molar-refractivity contribution in [2.75, 3.05) is 11.4 Å². The van der Waals surface area contributed by atoms with E-state index < -0.39 is 0 Å². The van der Waals surface area contributed by atoms with Gasteiger partial charge in [0.25, 0.3) is 0 Å². The number of nitrogens with two attached hydrogens (primary N) is 1. The van der Waals surface area contributed by atoms with Gasteiger partial charge in [-0.05, 0) is 43.0 Å². The van der Waals surface area contributed by atoms with Crippen LogP contribution in [0, 0.1) is 0 Å². The van der Waals surface area contributed by atoms with Crippen LogP contribution in [-0.2, 0) is 6.42 Å². The minimum atomic E-state index is 0.0744. The maximum Gasteiger partial charge on any atom is 0.171 e. The second-order valence-electron chi connectivity index (χ2n) is 5.13. The van der Waals surface area contributed by atoms with Crippen molar-refractivity contribution < 1.29 is 5.21 Å². The smallest absolute Gasteiger partial charge is 0.171 e. The van der Waals surface area contributed by atoms with Gasteiger partial charge in [0.05, 0.1) is 0 Å². The minimum Gasteiger partial charge on any atom is -0.409 e. The number of aryl methyl sites for hydroxylation is 1. The molecule has 0 radical (unpaired) electrons. The predicted octanol–water partition coefficient (Wildman–Crippen LogP) is 2.65. The van der Waals surface area contributed by atoms with Crippen LogP contribution in [0.1, 0.15) is 24.0 Å². The van der Waals surface area contributed by atoms with Gasteiger partial charge in [0.2, 0.25) is 0 Å². The first-order chi connectivity index (χ1) is 10.3. The molecule has 108 valence electrons. The topological polar surface area (TPSA) is 74.7 Å². The Hall–Kier alpha value is -2.56. The number of benzene rings is 1. The molecule has 1 aliphatic heterocycles. The minimum absolute atomic E-state index is 0.0744. The average Bonchev–Trinajstić information content (AvgIpc) is 2.77. The van der Waals surface area contributed by atoms with Crippen molar-refractivity contribution in [2.45, 2.75) is 19.3 Å². The van der Waals surface area contributed by atoms with E-state index in [0.29, 0.717) is 5.56 Å². The Morgan fingerprint density at radius 2 is 2.05 bits per heavy atom. The number of para-hydroxylation sites is 1. The van der Waals surface area contributed by atoms with E-state index in [0.717, 1.165) is 25.2 Å². The molecule has 1 aromatic carbocycles. The molecular weight excluding hydrogens is 264 g/mol. The molecule has 1 aromatic heterocycles. The summed E-state index contributed by atoms with van der Waals surface area (Å²) in [6.07, 6.45) is 5.07. The van der Waals surface area contributed by atoms with Gasteiger partial charge >= 0.3 is 0 Å². The molecule has 21 heavy (non-hydrogen) atoms. The quantitative estimate of drug-likeness (QED) is 0.384. The molecule has 0 amide bonds. The highest BCUT2D eigenvalue weighted by Gasteiger charge is 2.17. The van der Waals surface area contributed by atoms with Gasteiger partial charge in [-0.15, -0.1) is 0 Å². The molecule has 1 aliphatic rings. The third-order valence-corrected chi connectivity index (χ3v) is 3.79. The summed E-state index contributed by atoms with van der Waals surface area (Å²) in [6, 6.07) is 12.2. The highest BCUT2D eigenvalue weighted by molar-refractivity contribution is 5.96. The maximum atomic E-state index is 8.70. The van der Waals surface area contributed by atoms with Crippen LogP contribution in [0.5, 0.6) is 0 Å². The average molecular weight is 282 g/mol. The molecule has 0 saturated carbocycles. The third-order valence-electron chi connectivity index (χ3n) is 3.79. The Morgan fingerprint density at radius 3 is 2.81 bits per heavy atom. The van der Waals surface area contributed by atoms with Crippen LogP contribution in [0.15, 0.2) is 47.8 Å². The van der Waals surface area contributed by atoms with E-state index in [1.54, 1.807) is 6.20 Å². The second-order valence-corrected chi connectivity index (χ2v) is 5.13. The Morgan fingerprint density at radius 1 is 1.19 bits per heavy atom. The number of amidine groups is 1. The molecule has 0 atom stereocenters. The standard InChI is InChI=1S/C16H18N4O/c17-16(19-21)13-8-9-15(18-11-13)20-10-4-3-6-12-5-1-2-7-14(12)20/h1-2,5,7-9,11,21H,3-4,6,10H2,(H2,17,19). The van der Waals surface area contributed by atoms with E-state index in [2.05, 4.69) is 39.3 Å². The molecule has 0 aliphatic carbocycles. The number of hydrogen-bond acceptors (Lipinski definition) is 4. The molecular formula is C16H18N4O. The number of oxime groups is 1. The first-order valence-corrected chi connectivity index (χ1v) is 7.09. The first-order valence-electron chi connectivity index (χ1n) is 7.09. The van der Waals surface area contributed by atoms with Crippen LogP contribution in [0.3, 0.4) is 0 Å². The largest absolute Gasteiger partial charge is 0.409 e. The fourth-order valence-corrected chi connectivity index (χ4v) is 2.68. The number of rotatable bonds is 2. The summed E-state index contributed by atoms with van der Waals surface area (Å²) in [5.74, 6) is 0.962. The molecule has 5 heteroatoms. The summed E-state index contributed by atoms with van der Waals surface area (Å²) in [5.41, 5.74) is 8.77. The van der Waals surface area contributed by atoms with Gasteiger partial charge in [-0.1, -0.05) is 23.4 Å². The summed E-state index contributed by atoms with van der Waals surface area (Å²) in [6.45, 7) is 0.951. The molecule has 0 unspecified atom stereocenters. The Balaban J connectivity index is 1.96. The van der Waals surface area contributed by atoms with Crippen LogP contribution in [-0.4, -0.2) is 22.6 Å². The molecule has 0 spiro atoms. The van der Waals surface area contributed by atoms with Gasteiger partial charge in [0.1, 0.15) is 5.82 Å². The lowest BCUT2D eigenvalue weighted by atomic mass is 10.1. The van der Waals surface area contributed by atoms with Crippen LogP contribution in [0.4, 0.5) is 11.5 Å². The van der Waals surface area contributed by atoms with Gasteiger partial charge in [-0.25, -0.2) is 4.98 Å². The molecule has 0 saturated heterocycles. The van der Waals surface area contributed by atoms with Crippen LogP contribution < -0.4 is 10.6 Å². The van der Waals surface area contributed by atoms with E-state index in [4.69, 9.17) is 10.9 Å². The summed E-state index contributed by atoms with van der Waals surface area (Å²) < 4.78 is 0. The summed E-state index contributed by atoms with van der Waals surface area (Å²) >= 11 is 0. The van der Waals surface area contributed by atoms with Gasteiger partial charge < -0.3 is 15.8 Å². The van der Waals surface area contributed by atoms with E-state index in [1.807, 2.05) is 12.1 Å². The number of pyridine rings is 1. The van der Waals surface area contributed by atoms with Crippen molar-refractivity contribution in [1.82, 2.24) is 4.98 Å². The fourth-order valence-electron chi connectivity index (χ4n) is 2.68. The van der Waals surface area contributed by atoms with Crippen LogP contribution >= 0.6 is 0 Å². The zero-order valence-corrected chi connectivity index (χ0v) is 11.7. The van der Waals surface area contributed by atoms with Crippen molar-refractivity contribution >= 4 is 17.3 Å². The Labute approximate surface area is 123 Å². The van der Waals surface area contributed by atoms with Gasteiger partial charge in [0, 0.05) is 24.0 Å². The lowest BCUT2D eigenvalue weighted by Crippen LogP contribution is -2.20. The maximum absolute atomic E-state index is 8.70. The van der Waals surface area contributed by atoms with Gasteiger partial charge in [-0.3, -0.25) is 0 Å². The molecule has 0 fully saturated rings. The van der Waals surface area contributed by atoms with E-state index >= 15 is 0 Å². The van der Waals surface area contributed by atoms with Crippen molar-refractivity contribution in [1.29, 1.82) is 0 Å². The molecule has 5 nitrogen and oxygen atoms in total. The summed E-state index contributed by atoms with van der Waals surface area (Å²) in [4.78, 5) is 6.70. The first kappa shape index (κ1) is 13.4. The van der Waals surface area contributed by atoms with E-state index in [-0.39, 0.29) is 5.84 Å². The lowest BCUT2D eigenvalue weighted by Gasteiger charge is -2.24. The van der Waals surface area contributed by atoms with E-state index in [1.165, 1.54) is 17.7 Å². The van der Waals surface area contributed by atoms with Crippen LogP contribution in [0.25, 0.3) is 0 Å². The fraction of sp³-hybridized carbons (Fsp3) is 0.250.